The zero-order valence-corrected chi connectivity index (χ0v) is 19.1. The third kappa shape index (κ3) is 3.33. The molecule has 1 amide bonds. The number of amides is 1. The number of pyridine rings is 2. The average Bonchev–Trinajstić information content (AvgIpc) is 3.49. The third-order valence-electron chi connectivity index (χ3n) is 7.14. The molecule has 2 aliphatic carbocycles. The van der Waals surface area contributed by atoms with Crippen LogP contribution < -0.4 is 21.3 Å². The summed E-state index contributed by atoms with van der Waals surface area (Å²) in [6.07, 6.45) is 4.07. The van der Waals surface area contributed by atoms with Crippen LogP contribution in [0.15, 0.2) is 24.3 Å². The van der Waals surface area contributed by atoms with Gasteiger partial charge >= 0.3 is 0 Å². The summed E-state index contributed by atoms with van der Waals surface area (Å²) >= 11 is 1.38. The Balaban J connectivity index is 1.24. The van der Waals surface area contributed by atoms with E-state index in [0.29, 0.717) is 10.6 Å². The lowest BCUT2D eigenvalue weighted by atomic mass is 9.80. The largest absolute Gasteiger partial charge is 0.397 e. The van der Waals surface area contributed by atoms with Gasteiger partial charge in [0.1, 0.15) is 15.5 Å². The van der Waals surface area contributed by atoms with Crippen LogP contribution in [0, 0.1) is 6.92 Å². The number of nitrogen functional groups attached to an aromatic ring is 1. The molecule has 2 fully saturated rings. The number of anilines is 2. The van der Waals surface area contributed by atoms with Crippen LogP contribution in [-0.2, 0) is 11.8 Å². The van der Waals surface area contributed by atoms with Crippen LogP contribution in [0.4, 0.5) is 11.5 Å². The molecule has 1 spiro atoms. The summed E-state index contributed by atoms with van der Waals surface area (Å²) < 4.78 is 0. The number of carbonyl (C=O) groups excluding carboxylic acids is 1. The van der Waals surface area contributed by atoms with Gasteiger partial charge in [0.05, 0.1) is 11.4 Å². The van der Waals surface area contributed by atoms with E-state index in [0.717, 1.165) is 73.6 Å². The van der Waals surface area contributed by atoms with E-state index in [-0.39, 0.29) is 17.4 Å². The van der Waals surface area contributed by atoms with Crippen molar-refractivity contribution in [2.75, 3.05) is 36.8 Å². The van der Waals surface area contributed by atoms with Crippen molar-refractivity contribution >= 4 is 39.0 Å². The van der Waals surface area contributed by atoms with Crippen molar-refractivity contribution in [3.8, 4) is 0 Å². The molecule has 8 heteroatoms. The second-order valence-corrected chi connectivity index (χ2v) is 10.4. The summed E-state index contributed by atoms with van der Waals surface area (Å²) in [5, 5.41) is 7.55. The molecule has 1 saturated heterocycles. The van der Waals surface area contributed by atoms with Crippen molar-refractivity contribution in [1.29, 1.82) is 0 Å². The number of hydrogen-bond donors (Lipinski definition) is 3. The first-order chi connectivity index (χ1) is 15.5. The Morgan fingerprint density at radius 1 is 1.22 bits per heavy atom. The molecule has 3 aliphatic rings. The maximum Gasteiger partial charge on any atom is 0.263 e. The molecule has 166 valence electrons. The molecule has 7 nitrogen and oxygen atoms in total. The van der Waals surface area contributed by atoms with Crippen LogP contribution in [0.1, 0.15) is 45.9 Å². The molecule has 1 aliphatic heterocycles. The van der Waals surface area contributed by atoms with E-state index in [2.05, 4.69) is 32.7 Å². The first-order valence-corrected chi connectivity index (χ1v) is 12.3. The van der Waals surface area contributed by atoms with Gasteiger partial charge in [-0.1, -0.05) is 6.07 Å². The molecule has 0 radical (unpaired) electrons. The molecule has 4 N–H and O–H groups in total. The molecule has 3 aromatic rings. The highest BCUT2D eigenvalue weighted by Crippen LogP contribution is 2.55. The topological polar surface area (TPSA) is 96.2 Å². The second kappa shape index (κ2) is 7.42. The van der Waals surface area contributed by atoms with E-state index in [9.17, 15) is 4.79 Å². The zero-order valence-electron chi connectivity index (χ0n) is 18.3. The normalized spacial score (nSPS) is 21.5. The quantitative estimate of drug-likeness (QED) is 0.570. The minimum Gasteiger partial charge on any atom is -0.397 e. The van der Waals surface area contributed by atoms with Gasteiger partial charge in [0, 0.05) is 48.7 Å². The zero-order chi connectivity index (χ0) is 21.9. The van der Waals surface area contributed by atoms with Crippen LogP contribution in [0.3, 0.4) is 0 Å². The van der Waals surface area contributed by atoms with Gasteiger partial charge in [0.25, 0.3) is 5.91 Å². The second-order valence-electron chi connectivity index (χ2n) is 9.42. The van der Waals surface area contributed by atoms with Gasteiger partial charge in [-0.15, -0.1) is 11.3 Å². The van der Waals surface area contributed by atoms with Crippen LogP contribution in [-0.4, -0.2) is 48.1 Å². The Kier molecular flexibility index (Phi) is 4.62. The number of fused-ring (bicyclic) bond motifs is 3. The Bertz CT molecular complexity index is 1210. The van der Waals surface area contributed by atoms with Crippen molar-refractivity contribution < 1.29 is 4.79 Å². The molecule has 3 aromatic heterocycles. The fourth-order valence-electron chi connectivity index (χ4n) is 5.28. The predicted molar refractivity (Wildman–Crippen MR) is 129 cm³/mol. The molecular weight excluding hydrogens is 420 g/mol. The minimum absolute atomic E-state index is 0.0854. The lowest BCUT2D eigenvalue weighted by Crippen LogP contribution is -2.45. The highest BCUT2D eigenvalue weighted by atomic mass is 32.1. The Hall–Kier alpha value is -2.71. The number of nitrogens with zero attached hydrogens (tertiary/aromatic N) is 3. The maximum atomic E-state index is 13.2. The summed E-state index contributed by atoms with van der Waals surface area (Å²) in [6.45, 7) is 5.97. The van der Waals surface area contributed by atoms with Gasteiger partial charge in [0.2, 0.25) is 0 Å². The number of hydrogen-bond acceptors (Lipinski definition) is 7. The summed E-state index contributed by atoms with van der Waals surface area (Å²) in [7, 11) is 0. The van der Waals surface area contributed by atoms with Crippen molar-refractivity contribution in [3.63, 3.8) is 0 Å². The van der Waals surface area contributed by atoms with Gasteiger partial charge < -0.3 is 21.3 Å². The van der Waals surface area contributed by atoms with Crippen LogP contribution in [0.5, 0.6) is 0 Å². The van der Waals surface area contributed by atoms with Crippen molar-refractivity contribution in [2.24, 2.45) is 0 Å². The van der Waals surface area contributed by atoms with E-state index in [1.165, 1.54) is 22.6 Å². The van der Waals surface area contributed by atoms with Gasteiger partial charge in [-0.05, 0) is 56.4 Å². The average molecular weight is 449 g/mol. The first-order valence-electron chi connectivity index (χ1n) is 11.4. The van der Waals surface area contributed by atoms with Gasteiger partial charge in [-0.3, -0.25) is 4.79 Å². The molecule has 32 heavy (non-hydrogen) atoms. The number of nitrogens with two attached hydrogens (primary N) is 1. The maximum absolute atomic E-state index is 13.2. The summed E-state index contributed by atoms with van der Waals surface area (Å²) in [4.78, 5) is 26.6. The number of thiophene rings is 1. The minimum atomic E-state index is -0.0854. The van der Waals surface area contributed by atoms with Gasteiger partial charge in [-0.25, -0.2) is 9.97 Å². The van der Waals surface area contributed by atoms with E-state index >= 15 is 0 Å². The summed E-state index contributed by atoms with van der Waals surface area (Å²) in [6, 6.07) is 8.38. The van der Waals surface area contributed by atoms with E-state index in [1.54, 1.807) is 0 Å². The monoisotopic (exact) mass is 448 g/mol. The molecule has 0 aromatic carbocycles. The summed E-state index contributed by atoms with van der Waals surface area (Å²) in [5.74, 6) is 1.01. The standard InChI is InChI=1S/C24H28N6OS/c1-14-2-4-17-19(25)20(32-23(17)27-14)22(31)28-16-12-15-3-5-18(30-10-8-26-9-11-30)29-21(15)24(13-16)6-7-24/h2-5,16,26H,6-13,25H2,1H3,(H,28,31)/t16-/m0/s1. The van der Waals surface area contributed by atoms with Crippen molar-refractivity contribution in [3.05, 3.63) is 46.1 Å². The van der Waals surface area contributed by atoms with Crippen molar-refractivity contribution in [1.82, 2.24) is 20.6 Å². The molecule has 1 saturated carbocycles. The highest BCUT2D eigenvalue weighted by Gasteiger charge is 2.51. The highest BCUT2D eigenvalue weighted by molar-refractivity contribution is 7.21. The Labute approximate surface area is 191 Å². The first kappa shape index (κ1) is 19.9. The third-order valence-corrected chi connectivity index (χ3v) is 8.25. The lowest BCUT2D eigenvalue weighted by molar-refractivity contribution is 0.0935. The predicted octanol–water partition coefficient (Wildman–Crippen LogP) is 2.77. The molecule has 0 bridgehead atoms. The number of aryl methyl sites for hydroxylation is 1. The fraction of sp³-hybridized carbons (Fsp3) is 0.458. The molecule has 1 atom stereocenters. The smallest absolute Gasteiger partial charge is 0.263 e. The van der Waals surface area contributed by atoms with Gasteiger partial charge in [0.15, 0.2) is 0 Å². The van der Waals surface area contributed by atoms with Crippen LogP contribution in [0.25, 0.3) is 10.2 Å². The van der Waals surface area contributed by atoms with E-state index in [1.807, 2.05) is 19.1 Å². The number of nitrogens with one attached hydrogen (secondary N) is 2. The van der Waals surface area contributed by atoms with E-state index < -0.39 is 0 Å². The van der Waals surface area contributed by atoms with E-state index in [4.69, 9.17) is 10.7 Å². The lowest BCUT2D eigenvalue weighted by Gasteiger charge is -2.34. The molecular formula is C24H28N6OS. The van der Waals surface area contributed by atoms with Crippen LogP contribution >= 0.6 is 11.3 Å². The summed E-state index contributed by atoms with van der Waals surface area (Å²) in [5.41, 5.74) is 10.4. The number of carbonyl (C=O) groups is 1. The fourth-order valence-corrected chi connectivity index (χ4v) is 6.32. The van der Waals surface area contributed by atoms with Gasteiger partial charge in [-0.2, -0.15) is 0 Å². The molecule has 6 rings (SSSR count). The number of rotatable bonds is 3. The van der Waals surface area contributed by atoms with Crippen molar-refractivity contribution in [2.45, 2.75) is 44.1 Å². The Morgan fingerprint density at radius 3 is 2.81 bits per heavy atom. The molecule has 4 heterocycles. The number of piperazine rings is 1. The molecule has 0 unspecified atom stereocenters. The van der Waals surface area contributed by atoms with Crippen LogP contribution in [0.2, 0.25) is 0 Å². The Morgan fingerprint density at radius 2 is 2.03 bits per heavy atom. The number of aromatic nitrogens is 2. The SMILES string of the molecule is Cc1ccc2c(N)c(C(=O)N[C@H]3Cc4ccc(N5CCNCC5)nc4C4(CC4)C3)sc2n1.